The molecule has 1 aromatic heterocycles. The average molecular weight is 393 g/mol. The van der Waals surface area contributed by atoms with Crippen LogP contribution in [0.15, 0.2) is 35.1 Å². The van der Waals surface area contributed by atoms with Crippen molar-refractivity contribution in [3.8, 4) is 0 Å². The Hall–Kier alpha value is -2.38. The number of fused-ring (bicyclic) bond motifs is 1. The summed E-state index contributed by atoms with van der Waals surface area (Å²) in [6.07, 6.45) is 2.96. The van der Waals surface area contributed by atoms with E-state index in [4.69, 9.17) is 5.73 Å². The average Bonchev–Trinajstić information content (AvgIpc) is 2.66. The summed E-state index contributed by atoms with van der Waals surface area (Å²) in [5, 5.41) is 3.65. The molecule has 0 spiro atoms. The summed E-state index contributed by atoms with van der Waals surface area (Å²) in [5.41, 5.74) is 5.85. The SMILES string of the molecule is Cl.NCCC(=O)NCC1CCCCN1C(=O)c1cc2ccccc2[nH]c1=O. The van der Waals surface area contributed by atoms with Crippen molar-refractivity contribution in [1.29, 1.82) is 0 Å². The van der Waals surface area contributed by atoms with E-state index in [1.54, 1.807) is 11.0 Å². The Morgan fingerprint density at radius 3 is 2.81 bits per heavy atom. The molecular weight excluding hydrogens is 368 g/mol. The molecule has 1 fully saturated rings. The second-order valence-electron chi connectivity index (χ2n) is 6.59. The third-order valence-corrected chi connectivity index (χ3v) is 4.78. The Balaban J connectivity index is 0.00000261. The first-order chi connectivity index (χ1) is 12.6. The van der Waals surface area contributed by atoms with E-state index in [1.165, 1.54) is 0 Å². The second-order valence-corrected chi connectivity index (χ2v) is 6.59. The maximum Gasteiger partial charge on any atom is 0.261 e. The molecule has 1 aliphatic heterocycles. The zero-order valence-corrected chi connectivity index (χ0v) is 15.9. The van der Waals surface area contributed by atoms with Crippen molar-refractivity contribution in [3.05, 3.63) is 46.2 Å². The summed E-state index contributed by atoms with van der Waals surface area (Å²) < 4.78 is 0. The van der Waals surface area contributed by atoms with Crippen molar-refractivity contribution < 1.29 is 9.59 Å². The summed E-state index contributed by atoms with van der Waals surface area (Å²) in [6, 6.07) is 8.92. The summed E-state index contributed by atoms with van der Waals surface area (Å²) in [4.78, 5) is 41.6. The first-order valence-corrected chi connectivity index (χ1v) is 9.00. The van der Waals surface area contributed by atoms with Gasteiger partial charge in [0.25, 0.3) is 11.5 Å². The minimum absolute atomic E-state index is 0. The van der Waals surface area contributed by atoms with Crippen molar-refractivity contribution in [3.63, 3.8) is 0 Å². The van der Waals surface area contributed by atoms with E-state index in [9.17, 15) is 14.4 Å². The highest BCUT2D eigenvalue weighted by molar-refractivity contribution is 5.97. The molecule has 4 N–H and O–H groups in total. The summed E-state index contributed by atoms with van der Waals surface area (Å²) >= 11 is 0. The zero-order chi connectivity index (χ0) is 18.5. The van der Waals surface area contributed by atoms with Crippen LogP contribution < -0.4 is 16.6 Å². The Morgan fingerprint density at radius 1 is 1.26 bits per heavy atom. The topological polar surface area (TPSA) is 108 Å². The Morgan fingerprint density at radius 2 is 2.04 bits per heavy atom. The van der Waals surface area contributed by atoms with Crippen LogP contribution in [0.5, 0.6) is 0 Å². The van der Waals surface area contributed by atoms with Crippen LogP contribution in [0.2, 0.25) is 0 Å². The molecule has 2 aromatic rings. The number of carbonyl (C=O) groups is 2. The van der Waals surface area contributed by atoms with E-state index >= 15 is 0 Å². The lowest BCUT2D eigenvalue weighted by atomic mass is 10.0. The number of para-hydroxylation sites is 1. The van der Waals surface area contributed by atoms with Gasteiger partial charge >= 0.3 is 0 Å². The van der Waals surface area contributed by atoms with Crippen LogP contribution in [0, 0.1) is 0 Å². The highest BCUT2D eigenvalue weighted by Crippen LogP contribution is 2.19. The molecule has 3 rings (SSSR count). The number of halogens is 1. The van der Waals surface area contributed by atoms with Crippen molar-refractivity contribution in [1.82, 2.24) is 15.2 Å². The molecule has 2 amide bonds. The highest BCUT2D eigenvalue weighted by Gasteiger charge is 2.29. The third-order valence-electron chi connectivity index (χ3n) is 4.78. The number of piperidine rings is 1. The molecule has 1 atom stereocenters. The van der Waals surface area contributed by atoms with Gasteiger partial charge in [-0.3, -0.25) is 14.4 Å². The van der Waals surface area contributed by atoms with E-state index in [0.717, 1.165) is 24.6 Å². The van der Waals surface area contributed by atoms with Crippen LogP contribution in [-0.4, -0.2) is 47.4 Å². The number of hydrogen-bond acceptors (Lipinski definition) is 4. The van der Waals surface area contributed by atoms with E-state index in [2.05, 4.69) is 10.3 Å². The number of rotatable bonds is 5. The molecule has 0 aliphatic carbocycles. The van der Waals surface area contributed by atoms with Crippen molar-refractivity contribution in [2.24, 2.45) is 5.73 Å². The van der Waals surface area contributed by atoms with Gasteiger partial charge in [0.1, 0.15) is 5.56 Å². The smallest absolute Gasteiger partial charge is 0.261 e. The predicted octanol–water partition coefficient (Wildman–Crippen LogP) is 1.41. The Kier molecular flexibility index (Phi) is 7.38. The monoisotopic (exact) mass is 392 g/mol. The molecule has 1 aliphatic rings. The fourth-order valence-corrected chi connectivity index (χ4v) is 3.39. The Labute approximate surface area is 163 Å². The predicted molar refractivity (Wildman–Crippen MR) is 107 cm³/mol. The van der Waals surface area contributed by atoms with Gasteiger partial charge in [0, 0.05) is 37.6 Å². The van der Waals surface area contributed by atoms with Crippen LogP contribution >= 0.6 is 12.4 Å². The van der Waals surface area contributed by atoms with E-state index in [-0.39, 0.29) is 47.8 Å². The number of aromatic nitrogens is 1. The number of hydrogen-bond donors (Lipinski definition) is 3. The summed E-state index contributed by atoms with van der Waals surface area (Å²) in [5.74, 6) is -0.399. The normalized spacial score (nSPS) is 16.6. The van der Waals surface area contributed by atoms with Crippen molar-refractivity contribution >= 4 is 35.1 Å². The van der Waals surface area contributed by atoms with Gasteiger partial charge in [0.15, 0.2) is 0 Å². The number of nitrogens with zero attached hydrogens (tertiary/aromatic N) is 1. The molecule has 146 valence electrons. The highest BCUT2D eigenvalue weighted by atomic mass is 35.5. The van der Waals surface area contributed by atoms with Crippen LogP contribution in [-0.2, 0) is 4.79 Å². The summed E-state index contributed by atoms with van der Waals surface area (Å²) in [6.45, 7) is 1.27. The largest absolute Gasteiger partial charge is 0.354 e. The fraction of sp³-hybridized carbons (Fsp3) is 0.421. The first-order valence-electron chi connectivity index (χ1n) is 9.00. The number of pyridine rings is 1. The number of likely N-dealkylation sites (tertiary alicyclic amines) is 1. The number of nitrogens with two attached hydrogens (primary N) is 1. The molecule has 0 bridgehead atoms. The van der Waals surface area contributed by atoms with Gasteiger partial charge in [-0.15, -0.1) is 12.4 Å². The number of benzene rings is 1. The van der Waals surface area contributed by atoms with E-state index in [0.29, 0.717) is 25.2 Å². The van der Waals surface area contributed by atoms with Gasteiger partial charge in [-0.05, 0) is 36.8 Å². The molecule has 7 nitrogen and oxygen atoms in total. The molecule has 8 heteroatoms. The lowest BCUT2D eigenvalue weighted by Gasteiger charge is -2.35. The first kappa shape index (κ1) is 20.9. The van der Waals surface area contributed by atoms with Gasteiger partial charge in [-0.1, -0.05) is 18.2 Å². The van der Waals surface area contributed by atoms with Crippen LogP contribution in [0.25, 0.3) is 10.9 Å². The minimum Gasteiger partial charge on any atom is -0.354 e. The molecule has 1 aromatic carbocycles. The van der Waals surface area contributed by atoms with E-state index < -0.39 is 0 Å². The van der Waals surface area contributed by atoms with Gasteiger partial charge in [0.05, 0.1) is 0 Å². The number of aromatic amines is 1. The molecule has 0 radical (unpaired) electrons. The van der Waals surface area contributed by atoms with Crippen LogP contribution in [0.1, 0.15) is 36.0 Å². The zero-order valence-electron chi connectivity index (χ0n) is 15.1. The lowest BCUT2D eigenvalue weighted by Crippen LogP contribution is -2.50. The maximum absolute atomic E-state index is 13.0. The van der Waals surface area contributed by atoms with Crippen molar-refractivity contribution in [2.45, 2.75) is 31.7 Å². The lowest BCUT2D eigenvalue weighted by molar-refractivity contribution is -0.121. The van der Waals surface area contributed by atoms with Crippen LogP contribution in [0.3, 0.4) is 0 Å². The standard InChI is InChI=1S/C19H24N4O3.ClH/c20-9-8-17(24)21-12-14-6-3-4-10-23(14)19(26)15-11-13-5-1-2-7-16(13)22-18(15)25;/h1-2,5,7,11,14H,3-4,6,8-10,12,20H2,(H,21,24)(H,22,25);1H. The number of amides is 2. The summed E-state index contributed by atoms with van der Waals surface area (Å²) in [7, 11) is 0. The molecule has 2 heterocycles. The van der Waals surface area contributed by atoms with Crippen LogP contribution in [0.4, 0.5) is 0 Å². The quantitative estimate of drug-likeness (QED) is 0.714. The maximum atomic E-state index is 13.0. The molecular formula is C19H25ClN4O3. The number of nitrogens with one attached hydrogen (secondary N) is 2. The van der Waals surface area contributed by atoms with Gasteiger partial charge < -0.3 is 20.9 Å². The third kappa shape index (κ3) is 4.87. The minimum atomic E-state index is -0.384. The molecule has 27 heavy (non-hydrogen) atoms. The number of carbonyl (C=O) groups excluding carboxylic acids is 2. The molecule has 1 unspecified atom stereocenters. The van der Waals surface area contributed by atoms with Gasteiger partial charge in [-0.25, -0.2) is 0 Å². The molecule has 1 saturated heterocycles. The van der Waals surface area contributed by atoms with Crippen molar-refractivity contribution in [2.75, 3.05) is 19.6 Å². The number of H-pyrrole nitrogens is 1. The van der Waals surface area contributed by atoms with Gasteiger partial charge in [0.2, 0.25) is 5.91 Å². The second kappa shape index (κ2) is 9.53. The Bertz CT molecular complexity index is 867. The molecule has 0 saturated carbocycles. The van der Waals surface area contributed by atoms with Gasteiger partial charge in [-0.2, -0.15) is 0 Å². The van der Waals surface area contributed by atoms with E-state index in [1.807, 2.05) is 24.3 Å². The fourth-order valence-electron chi connectivity index (χ4n) is 3.39.